The van der Waals surface area contributed by atoms with Crippen molar-refractivity contribution in [3.8, 4) is 5.75 Å². The van der Waals surface area contributed by atoms with Gasteiger partial charge in [0, 0.05) is 25.2 Å². The van der Waals surface area contributed by atoms with Gasteiger partial charge in [0.1, 0.15) is 11.4 Å². The maximum atomic E-state index is 12.5. The maximum absolute atomic E-state index is 12.5. The summed E-state index contributed by atoms with van der Waals surface area (Å²) >= 11 is 0. The van der Waals surface area contributed by atoms with Crippen LogP contribution in [0.1, 0.15) is 33.3 Å². The van der Waals surface area contributed by atoms with Crippen molar-refractivity contribution in [2.75, 3.05) is 19.6 Å². The molecule has 0 fully saturated rings. The molecule has 0 unspecified atom stereocenters. The summed E-state index contributed by atoms with van der Waals surface area (Å²) in [6, 6.07) is 6.50. The molecule has 1 aromatic carbocycles. The van der Waals surface area contributed by atoms with Crippen LogP contribution in [0.15, 0.2) is 29.3 Å². The minimum Gasteiger partial charge on any atom is -0.444 e. The molecule has 0 heterocycles. The van der Waals surface area contributed by atoms with E-state index < -0.39 is 18.3 Å². The highest BCUT2D eigenvalue weighted by Gasteiger charge is 2.15. The molecule has 0 aromatic heterocycles. The lowest BCUT2D eigenvalue weighted by Gasteiger charge is -2.20. The molecule has 0 aliphatic carbocycles. The van der Waals surface area contributed by atoms with E-state index >= 15 is 0 Å². The Morgan fingerprint density at radius 2 is 1.81 bits per heavy atom. The number of guanidine groups is 1. The Morgan fingerprint density at radius 3 is 2.44 bits per heavy atom. The van der Waals surface area contributed by atoms with Crippen molar-refractivity contribution in [1.82, 2.24) is 16.0 Å². The SMILES string of the molecule is CCNC(=NCc1ccccc1OC(F)F)NCCNC(=O)OC(C)(C)C. The largest absolute Gasteiger partial charge is 0.444 e. The molecule has 27 heavy (non-hydrogen) atoms. The number of carbonyl (C=O) groups excluding carboxylic acids is 1. The summed E-state index contributed by atoms with van der Waals surface area (Å²) in [6.45, 7) is 5.93. The number of para-hydroxylation sites is 1. The van der Waals surface area contributed by atoms with E-state index in [9.17, 15) is 13.6 Å². The Balaban J connectivity index is 2.55. The molecule has 1 amide bonds. The molecule has 0 aliphatic heterocycles. The number of nitrogens with one attached hydrogen (secondary N) is 3. The van der Waals surface area contributed by atoms with Crippen molar-refractivity contribution >= 4 is 12.1 Å². The van der Waals surface area contributed by atoms with E-state index in [0.29, 0.717) is 31.2 Å². The van der Waals surface area contributed by atoms with Gasteiger partial charge in [-0.05, 0) is 33.8 Å². The molecule has 0 bridgehead atoms. The number of alkyl carbamates (subject to hydrolysis) is 1. The van der Waals surface area contributed by atoms with Crippen LogP contribution in [-0.4, -0.2) is 43.9 Å². The van der Waals surface area contributed by atoms with Gasteiger partial charge in [0.15, 0.2) is 5.96 Å². The summed E-state index contributed by atoms with van der Waals surface area (Å²) < 4.78 is 34.6. The van der Waals surface area contributed by atoms with Gasteiger partial charge >= 0.3 is 12.7 Å². The van der Waals surface area contributed by atoms with Crippen LogP contribution in [0.3, 0.4) is 0 Å². The Kier molecular flexibility index (Phi) is 9.32. The topological polar surface area (TPSA) is 84.0 Å². The number of nitrogens with zero attached hydrogens (tertiary/aromatic N) is 1. The number of amides is 1. The van der Waals surface area contributed by atoms with E-state index in [2.05, 4.69) is 25.7 Å². The van der Waals surface area contributed by atoms with Crippen LogP contribution in [0.5, 0.6) is 5.75 Å². The summed E-state index contributed by atoms with van der Waals surface area (Å²) in [5.41, 5.74) is -0.0106. The molecule has 0 saturated carbocycles. The molecule has 1 rings (SSSR count). The van der Waals surface area contributed by atoms with E-state index in [0.717, 1.165) is 0 Å². The molecule has 152 valence electrons. The first-order valence-corrected chi connectivity index (χ1v) is 8.73. The van der Waals surface area contributed by atoms with Crippen LogP contribution in [0, 0.1) is 0 Å². The average molecular weight is 386 g/mol. The zero-order chi connectivity index (χ0) is 20.3. The molecule has 0 aliphatic rings. The summed E-state index contributed by atoms with van der Waals surface area (Å²) in [5.74, 6) is 0.592. The Morgan fingerprint density at radius 1 is 1.15 bits per heavy atom. The highest BCUT2D eigenvalue weighted by Crippen LogP contribution is 2.20. The predicted molar refractivity (Wildman–Crippen MR) is 100 cm³/mol. The Labute approximate surface area is 158 Å². The van der Waals surface area contributed by atoms with Gasteiger partial charge in [-0.15, -0.1) is 0 Å². The number of ether oxygens (including phenoxy) is 2. The zero-order valence-electron chi connectivity index (χ0n) is 16.1. The molecule has 9 heteroatoms. The van der Waals surface area contributed by atoms with Crippen LogP contribution in [-0.2, 0) is 11.3 Å². The van der Waals surface area contributed by atoms with Gasteiger partial charge in [-0.2, -0.15) is 8.78 Å². The average Bonchev–Trinajstić information content (AvgIpc) is 2.55. The van der Waals surface area contributed by atoms with Gasteiger partial charge < -0.3 is 25.4 Å². The number of carbonyl (C=O) groups is 1. The van der Waals surface area contributed by atoms with Crippen molar-refractivity contribution in [3.05, 3.63) is 29.8 Å². The second kappa shape index (κ2) is 11.2. The zero-order valence-corrected chi connectivity index (χ0v) is 16.1. The quantitative estimate of drug-likeness (QED) is 0.364. The van der Waals surface area contributed by atoms with E-state index in [1.807, 2.05) is 6.92 Å². The number of alkyl halides is 2. The lowest BCUT2D eigenvalue weighted by Crippen LogP contribution is -2.42. The fourth-order valence-corrected chi connectivity index (χ4v) is 2.01. The number of aliphatic imine (C=N–C) groups is 1. The highest BCUT2D eigenvalue weighted by atomic mass is 19.3. The minimum absolute atomic E-state index is 0.0960. The number of rotatable bonds is 8. The first-order valence-electron chi connectivity index (χ1n) is 8.73. The third kappa shape index (κ3) is 10.2. The number of hydrogen-bond donors (Lipinski definition) is 3. The first-order chi connectivity index (χ1) is 12.7. The lowest BCUT2D eigenvalue weighted by molar-refractivity contribution is -0.0504. The van der Waals surface area contributed by atoms with Gasteiger partial charge in [0.05, 0.1) is 6.54 Å². The molecular weight excluding hydrogens is 358 g/mol. The third-order valence-corrected chi connectivity index (χ3v) is 3.03. The van der Waals surface area contributed by atoms with Crippen LogP contribution < -0.4 is 20.7 Å². The fraction of sp³-hybridized carbons (Fsp3) is 0.556. The standard InChI is InChI=1S/C18H28F2N4O3/c1-5-21-16(22-10-11-23-17(25)27-18(2,3)4)24-12-13-8-6-7-9-14(13)26-15(19)20/h6-9,15H,5,10-12H2,1-4H3,(H,23,25)(H2,21,22,24). The normalized spacial score (nSPS) is 11.9. The lowest BCUT2D eigenvalue weighted by atomic mass is 10.2. The number of halogens is 2. The molecule has 3 N–H and O–H groups in total. The van der Waals surface area contributed by atoms with E-state index in [4.69, 9.17) is 4.74 Å². The molecule has 0 radical (unpaired) electrons. The first kappa shape index (κ1) is 22.5. The third-order valence-electron chi connectivity index (χ3n) is 3.03. The summed E-state index contributed by atoms with van der Waals surface area (Å²) in [7, 11) is 0. The Bertz CT molecular complexity index is 619. The van der Waals surface area contributed by atoms with Crippen LogP contribution in [0.4, 0.5) is 13.6 Å². The minimum atomic E-state index is -2.89. The predicted octanol–water partition coefficient (Wildman–Crippen LogP) is 2.87. The molecule has 7 nitrogen and oxygen atoms in total. The molecule has 0 atom stereocenters. The van der Waals surface area contributed by atoms with Gasteiger partial charge in [0.25, 0.3) is 0 Å². The number of hydrogen-bond acceptors (Lipinski definition) is 4. The maximum Gasteiger partial charge on any atom is 0.407 e. The van der Waals surface area contributed by atoms with E-state index in [1.165, 1.54) is 6.07 Å². The second-order valence-corrected chi connectivity index (χ2v) is 6.54. The van der Waals surface area contributed by atoms with Crippen molar-refractivity contribution in [2.45, 2.75) is 46.5 Å². The molecule has 0 saturated heterocycles. The van der Waals surface area contributed by atoms with Crippen LogP contribution >= 0.6 is 0 Å². The van der Waals surface area contributed by atoms with Crippen molar-refractivity contribution < 1.29 is 23.0 Å². The van der Waals surface area contributed by atoms with Gasteiger partial charge in [-0.25, -0.2) is 9.79 Å². The monoisotopic (exact) mass is 386 g/mol. The molecule has 1 aromatic rings. The molecule has 0 spiro atoms. The van der Waals surface area contributed by atoms with Gasteiger partial charge in [0.2, 0.25) is 0 Å². The van der Waals surface area contributed by atoms with E-state index in [1.54, 1.807) is 39.0 Å². The van der Waals surface area contributed by atoms with E-state index in [-0.39, 0.29) is 12.3 Å². The number of benzene rings is 1. The van der Waals surface area contributed by atoms with Gasteiger partial charge in [-0.3, -0.25) is 0 Å². The smallest absolute Gasteiger partial charge is 0.407 e. The van der Waals surface area contributed by atoms with Crippen molar-refractivity contribution in [3.63, 3.8) is 0 Å². The Hall–Kier alpha value is -2.58. The van der Waals surface area contributed by atoms with Crippen LogP contribution in [0.2, 0.25) is 0 Å². The van der Waals surface area contributed by atoms with Crippen molar-refractivity contribution in [1.29, 1.82) is 0 Å². The fourth-order valence-electron chi connectivity index (χ4n) is 2.01. The molecular formula is C18H28F2N4O3. The summed E-state index contributed by atoms with van der Waals surface area (Å²) in [6.07, 6.45) is -0.496. The summed E-state index contributed by atoms with van der Waals surface area (Å²) in [4.78, 5) is 15.9. The van der Waals surface area contributed by atoms with Gasteiger partial charge in [-0.1, -0.05) is 18.2 Å². The van der Waals surface area contributed by atoms with Crippen molar-refractivity contribution in [2.24, 2.45) is 4.99 Å². The second-order valence-electron chi connectivity index (χ2n) is 6.54. The van der Waals surface area contributed by atoms with Crippen LogP contribution in [0.25, 0.3) is 0 Å². The summed E-state index contributed by atoms with van der Waals surface area (Å²) in [5, 5.41) is 8.73. The highest BCUT2D eigenvalue weighted by molar-refractivity contribution is 5.79.